The highest BCUT2D eigenvalue weighted by molar-refractivity contribution is 5.83. The molecular formula is C16H16. The molecule has 0 saturated heterocycles. The van der Waals surface area contributed by atoms with E-state index in [1.807, 2.05) is 12.2 Å². The third kappa shape index (κ3) is 2.22. The summed E-state index contributed by atoms with van der Waals surface area (Å²) in [5.41, 5.74) is 2.64. The van der Waals surface area contributed by atoms with E-state index in [1.54, 1.807) is 0 Å². The van der Waals surface area contributed by atoms with E-state index in [0.717, 1.165) is 12.8 Å². The molecule has 2 rings (SSSR count). The first kappa shape index (κ1) is 10.7. The van der Waals surface area contributed by atoms with E-state index < -0.39 is 0 Å². The van der Waals surface area contributed by atoms with Gasteiger partial charge in [-0.1, -0.05) is 48.6 Å². The largest absolute Gasteiger partial charge is 0.103 e. The van der Waals surface area contributed by atoms with Gasteiger partial charge in [-0.2, -0.15) is 0 Å². The zero-order valence-electron chi connectivity index (χ0n) is 9.45. The van der Waals surface area contributed by atoms with Crippen LogP contribution in [0.1, 0.15) is 11.1 Å². The molecule has 0 radical (unpaired) electrons. The predicted octanol–water partition coefficient (Wildman–Crippen LogP) is 4.30. The molecule has 0 amide bonds. The fourth-order valence-corrected chi connectivity index (χ4v) is 1.93. The number of fused-ring (bicyclic) bond motifs is 1. The molecule has 2 aromatic rings. The van der Waals surface area contributed by atoms with Crippen molar-refractivity contribution >= 4 is 10.8 Å². The first-order valence-corrected chi connectivity index (χ1v) is 5.57. The van der Waals surface area contributed by atoms with E-state index in [-0.39, 0.29) is 0 Å². The van der Waals surface area contributed by atoms with Crippen molar-refractivity contribution in [3.05, 3.63) is 72.8 Å². The average Bonchev–Trinajstić information content (AvgIpc) is 2.30. The number of hydrogen-bond acceptors (Lipinski definition) is 0. The van der Waals surface area contributed by atoms with E-state index in [9.17, 15) is 0 Å². The van der Waals surface area contributed by atoms with Gasteiger partial charge in [-0.15, -0.1) is 13.2 Å². The summed E-state index contributed by atoms with van der Waals surface area (Å²) >= 11 is 0. The van der Waals surface area contributed by atoms with Gasteiger partial charge in [-0.05, 0) is 34.7 Å². The molecule has 80 valence electrons. The van der Waals surface area contributed by atoms with Crippen LogP contribution in [0, 0.1) is 0 Å². The maximum absolute atomic E-state index is 3.76. The van der Waals surface area contributed by atoms with Gasteiger partial charge >= 0.3 is 0 Å². The average molecular weight is 208 g/mol. The molecule has 16 heavy (non-hydrogen) atoms. The van der Waals surface area contributed by atoms with Gasteiger partial charge in [0.15, 0.2) is 0 Å². The summed E-state index contributed by atoms with van der Waals surface area (Å²) in [6.45, 7) is 7.53. The Labute approximate surface area is 96.9 Å². The number of hydrogen-bond donors (Lipinski definition) is 0. The fraction of sp³-hybridized carbons (Fsp3) is 0.125. The zero-order chi connectivity index (χ0) is 11.4. The van der Waals surface area contributed by atoms with E-state index in [0.29, 0.717) is 0 Å². The summed E-state index contributed by atoms with van der Waals surface area (Å²) < 4.78 is 0. The van der Waals surface area contributed by atoms with E-state index >= 15 is 0 Å². The van der Waals surface area contributed by atoms with Crippen molar-refractivity contribution in [1.29, 1.82) is 0 Å². The zero-order valence-corrected chi connectivity index (χ0v) is 9.45. The van der Waals surface area contributed by atoms with Gasteiger partial charge in [0.2, 0.25) is 0 Å². The maximum Gasteiger partial charge on any atom is -0.00999 e. The molecule has 0 heterocycles. The molecule has 0 spiro atoms. The lowest BCUT2D eigenvalue weighted by Gasteiger charge is -2.03. The van der Waals surface area contributed by atoms with E-state index in [1.165, 1.54) is 21.9 Å². The van der Waals surface area contributed by atoms with Gasteiger partial charge < -0.3 is 0 Å². The highest BCUT2D eigenvalue weighted by Gasteiger charge is 1.97. The standard InChI is InChI=1S/C16H16/c1-3-5-13-7-9-16-12-14(6-4-2)8-10-15(16)11-13/h3-4,7-12H,1-2,5-6H2. The molecule has 0 fully saturated rings. The van der Waals surface area contributed by atoms with Crippen molar-refractivity contribution in [1.82, 2.24) is 0 Å². The Balaban J connectivity index is 2.43. The molecule has 0 aliphatic heterocycles. The van der Waals surface area contributed by atoms with Crippen LogP contribution in [0.2, 0.25) is 0 Å². The first-order valence-electron chi connectivity index (χ1n) is 5.57. The van der Waals surface area contributed by atoms with E-state index in [4.69, 9.17) is 0 Å². The van der Waals surface area contributed by atoms with Crippen LogP contribution in [-0.2, 0) is 12.8 Å². The van der Waals surface area contributed by atoms with Crippen LogP contribution in [0.15, 0.2) is 61.7 Å². The molecule has 0 atom stereocenters. The van der Waals surface area contributed by atoms with Crippen LogP contribution in [0.5, 0.6) is 0 Å². The summed E-state index contributed by atoms with van der Waals surface area (Å²) in [5.74, 6) is 0. The van der Waals surface area contributed by atoms with Crippen LogP contribution in [0.3, 0.4) is 0 Å². The minimum absolute atomic E-state index is 0.935. The van der Waals surface area contributed by atoms with Gasteiger partial charge in [0.25, 0.3) is 0 Å². The third-order valence-corrected chi connectivity index (χ3v) is 2.73. The monoisotopic (exact) mass is 208 g/mol. The van der Waals surface area contributed by atoms with Gasteiger partial charge in [-0.25, -0.2) is 0 Å². The summed E-state index contributed by atoms with van der Waals surface area (Å²) in [7, 11) is 0. The van der Waals surface area contributed by atoms with Crippen molar-refractivity contribution in [2.45, 2.75) is 12.8 Å². The van der Waals surface area contributed by atoms with Gasteiger partial charge in [0.1, 0.15) is 0 Å². The molecule has 2 aromatic carbocycles. The Hall–Kier alpha value is -1.82. The van der Waals surface area contributed by atoms with Crippen molar-refractivity contribution in [3.8, 4) is 0 Å². The maximum atomic E-state index is 3.76. The quantitative estimate of drug-likeness (QED) is 0.657. The second-order valence-electron chi connectivity index (χ2n) is 4.00. The van der Waals surface area contributed by atoms with Crippen LogP contribution >= 0.6 is 0 Å². The molecule has 0 aliphatic rings. The summed E-state index contributed by atoms with van der Waals surface area (Å²) in [6, 6.07) is 13.2. The molecule has 0 aromatic heterocycles. The Morgan fingerprint density at radius 2 is 1.19 bits per heavy atom. The van der Waals surface area contributed by atoms with Crippen molar-refractivity contribution < 1.29 is 0 Å². The number of allylic oxidation sites excluding steroid dienone is 2. The van der Waals surface area contributed by atoms with Crippen molar-refractivity contribution in [3.63, 3.8) is 0 Å². The highest BCUT2D eigenvalue weighted by Crippen LogP contribution is 2.18. The molecular weight excluding hydrogens is 192 g/mol. The van der Waals surface area contributed by atoms with Crippen molar-refractivity contribution in [2.75, 3.05) is 0 Å². The molecule has 0 bridgehead atoms. The second-order valence-corrected chi connectivity index (χ2v) is 4.00. The lowest BCUT2D eigenvalue weighted by Crippen LogP contribution is -1.84. The van der Waals surface area contributed by atoms with Gasteiger partial charge in [0.05, 0.1) is 0 Å². The Kier molecular flexibility index (Phi) is 3.21. The van der Waals surface area contributed by atoms with Crippen LogP contribution < -0.4 is 0 Å². The summed E-state index contributed by atoms with van der Waals surface area (Å²) in [6.07, 6.45) is 5.75. The lowest BCUT2D eigenvalue weighted by molar-refractivity contribution is 1.27. The molecule has 0 aliphatic carbocycles. The van der Waals surface area contributed by atoms with Crippen LogP contribution in [-0.4, -0.2) is 0 Å². The Bertz CT molecular complexity index is 471. The van der Waals surface area contributed by atoms with Crippen LogP contribution in [0.25, 0.3) is 10.8 Å². The second kappa shape index (κ2) is 4.80. The Morgan fingerprint density at radius 3 is 1.56 bits per heavy atom. The topological polar surface area (TPSA) is 0 Å². The smallest absolute Gasteiger partial charge is 0.00999 e. The van der Waals surface area contributed by atoms with Crippen molar-refractivity contribution in [2.24, 2.45) is 0 Å². The fourth-order valence-electron chi connectivity index (χ4n) is 1.93. The number of benzene rings is 2. The van der Waals surface area contributed by atoms with Gasteiger partial charge in [-0.3, -0.25) is 0 Å². The molecule has 0 nitrogen and oxygen atoms in total. The highest BCUT2D eigenvalue weighted by atomic mass is 14.0. The van der Waals surface area contributed by atoms with Crippen LogP contribution in [0.4, 0.5) is 0 Å². The Morgan fingerprint density at radius 1 is 0.750 bits per heavy atom. The first-order chi connectivity index (χ1) is 7.83. The summed E-state index contributed by atoms with van der Waals surface area (Å²) in [4.78, 5) is 0. The van der Waals surface area contributed by atoms with E-state index in [2.05, 4.69) is 49.6 Å². The molecule has 0 N–H and O–H groups in total. The minimum Gasteiger partial charge on any atom is -0.103 e. The molecule has 0 heteroatoms. The summed E-state index contributed by atoms with van der Waals surface area (Å²) in [5, 5.41) is 2.60. The third-order valence-electron chi connectivity index (χ3n) is 2.73. The molecule has 0 unspecified atom stereocenters. The minimum atomic E-state index is 0.935. The number of rotatable bonds is 4. The lowest BCUT2D eigenvalue weighted by atomic mass is 10.0. The predicted molar refractivity (Wildman–Crippen MR) is 71.8 cm³/mol. The van der Waals surface area contributed by atoms with Gasteiger partial charge in [0, 0.05) is 0 Å². The SMILES string of the molecule is C=CCc1ccc2cc(CC=C)ccc2c1. The normalized spacial score (nSPS) is 10.2. The molecule has 0 saturated carbocycles.